The van der Waals surface area contributed by atoms with E-state index in [0.29, 0.717) is 24.0 Å². The molecule has 0 spiro atoms. The first kappa shape index (κ1) is 19.4. The van der Waals surface area contributed by atoms with E-state index in [1.807, 2.05) is 23.1 Å². The van der Waals surface area contributed by atoms with Gasteiger partial charge in [-0.2, -0.15) is 0 Å². The maximum Gasteiger partial charge on any atom is 0.254 e. The molecular formula is C21H29N3O4. The lowest BCUT2D eigenvalue weighted by Gasteiger charge is -2.35. The molecule has 4 rings (SSSR count). The highest BCUT2D eigenvalue weighted by molar-refractivity contribution is 5.98. The predicted octanol–water partition coefficient (Wildman–Crippen LogP) is 1.74. The van der Waals surface area contributed by atoms with Crippen LogP contribution in [0.4, 0.5) is 5.69 Å². The molecule has 3 fully saturated rings. The number of rotatable bonds is 5. The Morgan fingerprint density at radius 3 is 2.54 bits per heavy atom. The molecule has 3 heterocycles. The smallest absolute Gasteiger partial charge is 0.254 e. The normalized spacial score (nSPS) is 25.8. The third kappa shape index (κ3) is 4.71. The zero-order valence-corrected chi connectivity index (χ0v) is 16.3. The monoisotopic (exact) mass is 387 g/mol. The van der Waals surface area contributed by atoms with Crippen LogP contribution in [0.25, 0.3) is 0 Å². The first-order chi connectivity index (χ1) is 13.7. The number of benzene rings is 1. The molecule has 2 unspecified atom stereocenters. The molecule has 2 amide bonds. The number of anilines is 1. The van der Waals surface area contributed by atoms with Crippen molar-refractivity contribution >= 4 is 17.5 Å². The molecule has 0 bridgehead atoms. The molecule has 1 aromatic rings. The van der Waals surface area contributed by atoms with Gasteiger partial charge in [-0.05, 0) is 43.9 Å². The Labute approximate surface area is 166 Å². The lowest BCUT2D eigenvalue weighted by molar-refractivity contribution is -0.124. The molecule has 3 saturated heterocycles. The van der Waals surface area contributed by atoms with Crippen molar-refractivity contribution in [1.82, 2.24) is 9.80 Å². The number of nitrogens with one attached hydrogen (secondary N) is 1. The molecule has 0 radical (unpaired) electrons. The Morgan fingerprint density at radius 1 is 1.04 bits per heavy atom. The van der Waals surface area contributed by atoms with Crippen LogP contribution in [-0.4, -0.2) is 79.8 Å². The maximum atomic E-state index is 12.9. The van der Waals surface area contributed by atoms with Crippen molar-refractivity contribution in [2.24, 2.45) is 0 Å². The van der Waals surface area contributed by atoms with Crippen molar-refractivity contribution in [1.29, 1.82) is 0 Å². The van der Waals surface area contributed by atoms with Crippen LogP contribution in [0.2, 0.25) is 0 Å². The number of hydrogen-bond acceptors (Lipinski definition) is 5. The topological polar surface area (TPSA) is 71.1 Å². The highest BCUT2D eigenvalue weighted by atomic mass is 16.5. The largest absolute Gasteiger partial charge is 0.377 e. The van der Waals surface area contributed by atoms with Gasteiger partial charge in [0, 0.05) is 57.2 Å². The summed E-state index contributed by atoms with van der Waals surface area (Å²) in [6.45, 7) is 5.67. The summed E-state index contributed by atoms with van der Waals surface area (Å²) in [6.07, 6.45) is 3.94. The van der Waals surface area contributed by atoms with E-state index in [4.69, 9.17) is 9.47 Å². The average Bonchev–Trinajstić information content (AvgIpc) is 3.42. The Hall–Kier alpha value is -1.96. The fourth-order valence-electron chi connectivity index (χ4n) is 4.13. The molecule has 28 heavy (non-hydrogen) atoms. The van der Waals surface area contributed by atoms with E-state index in [9.17, 15) is 9.59 Å². The summed E-state index contributed by atoms with van der Waals surface area (Å²) in [5.41, 5.74) is 1.25. The third-order valence-corrected chi connectivity index (χ3v) is 5.74. The highest BCUT2D eigenvalue weighted by Crippen LogP contribution is 2.18. The van der Waals surface area contributed by atoms with Crippen LogP contribution in [0.15, 0.2) is 24.3 Å². The van der Waals surface area contributed by atoms with Gasteiger partial charge in [-0.1, -0.05) is 6.07 Å². The van der Waals surface area contributed by atoms with Crippen LogP contribution in [0, 0.1) is 0 Å². The lowest BCUT2D eigenvalue weighted by Crippen LogP contribution is -2.50. The van der Waals surface area contributed by atoms with Gasteiger partial charge in [0.25, 0.3) is 11.8 Å². The zero-order valence-electron chi connectivity index (χ0n) is 16.3. The van der Waals surface area contributed by atoms with E-state index >= 15 is 0 Å². The Balaban J connectivity index is 1.30. The quantitative estimate of drug-likeness (QED) is 0.833. The fraction of sp³-hybridized carbons (Fsp3) is 0.619. The van der Waals surface area contributed by atoms with Gasteiger partial charge < -0.3 is 19.7 Å². The molecule has 0 aromatic heterocycles. The Bertz CT molecular complexity index is 691. The van der Waals surface area contributed by atoms with Crippen LogP contribution in [0.5, 0.6) is 0 Å². The van der Waals surface area contributed by atoms with Gasteiger partial charge in [0.1, 0.15) is 6.10 Å². The Kier molecular flexibility index (Phi) is 6.24. The van der Waals surface area contributed by atoms with E-state index in [1.165, 1.54) is 0 Å². The first-order valence-electron chi connectivity index (χ1n) is 10.3. The van der Waals surface area contributed by atoms with E-state index in [1.54, 1.807) is 6.07 Å². The summed E-state index contributed by atoms with van der Waals surface area (Å²) >= 11 is 0. The summed E-state index contributed by atoms with van der Waals surface area (Å²) in [6, 6.07) is 7.19. The number of amides is 2. The van der Waals surface area contributed by atoms with Gasteiger partial charge in [-0.25, -0.2) is 0 Å². The van der Waals surface area contributed by atoms with E-state index < -0.39 is 0 Å². The van der Waals surface area contributed by atoms with Crippen molar-refractivity contribution in [3.63, 3.8) is 0 Å². The van der Waals surface area contributed by atoms with E-state index in [2.05, 4.69) is 10.2 Å². The highest BCUT2D eigenvalue weighted by Gasteiger charge is 2.26. The van der Waals surface area contributed by atoms with E-state index in [0.717, 1.165) is 65.0 Å². The second kappa shape index (κ2) is 9.03. The molecule has 7 nitrogen and oxygen atoms in total. The summed E-state index contributed by atoms with van der Waals surface area (Å²) in [4.78, 5) is 29.4. The summed E-state index contributed by atoms with van der Waals surface area (Å²) in [7, 11) is 0. The van der Waals surface area contributed by atoms with Crippen molar-refractivity contribution in [3.05, 3.63) is 29.8 Å². The van der Waals surface area contributed by atoms with Gasteiger partial charge in [0.15, 0.2) is 0 Å². The molecule has 0 aliphatic carbocycles. The minimum absolute atomic E-state index is 0.0185. The number of ether oxygens (including phenoxy) is 2. The maximum absolute atomic E-state index is 12.9. The minimum Gasteiger partial charge on any atom is -0.377 e. The average molecular weight is 387 g/mol. The van der Waals surface area contributed by atoms with Crippen LogP contribution in [0.3, 0.4) is 0 Å². The molecular weight excluding hydrogens is 358 g/mol. The van der Waals surface area contributed by atoms with Crippen LogP contribution >= 0.6 is 0 Å². The molecule has 0 saturated carbocycles. The number of carbonyl (C=O) groups excluding carboxylic acids is 2. The van der Waals surface area contributed by atoms with Crippen LogP contribution in [-0.2, 0) is 14.3 Å². The molecule has 152 valence electrons. The SMILES string of the molecule is O=C(Nc1cccc(C(=O)N2CCN(CC3CCCO3)CC2)c1)C1CCCO1. The van der Waals surface area contributed by atoms with Gasteiger partial charge >= 0.3 is 0 Å². The van der Waals surface area contributed by atoms with Crippen molar-refractivity contribution in [2.45, 2.75) is 37.9 Å². The Morgan fingerprint density at radius 2 is 1.82 bits per heavy atom. The van der Waals surface area contributed by atoms with Crippen molar-refractivity contribution in [3.8, 4) is 0 Å². The van der Waals surface area contributed by atoms with Crippen molar-refractivity contribution < 1.29 is 19.1 Å². The molecule has 1 N–H and O–H groups in total. The standard InChI is InChI=1S/C21H29N3O4/c25-20(19-7-3-13-28-19)22-17-5-1-4-16(14-17)21(26)24-10-8-23(9-11-24)15-18-6-2-12-27-18/h1,4-5,14,18-19H,2-3,6-13,15H2,(H,22,25). The predicted molar refractivity (Wildman–Crippen MR) is 105 cm³/mol. The van der Waals surface area contributed by atoms with Gasteiger partial charge in [-0.15, -0.1) is 0 Å². The van der Waals surface area contributed by atoms with Gasteiger partial charge in [-0.3, -0.25) is 14.5 Å². The molecule has 7 heteroatoms. The molecule has 2 atom stereocenters. The van der Waals surface area contributed by atoms with E-state index in [-0.39, 0.29) is 17.9 Å². The molecule has 1 aromatic carbocycles. The number of carbonyl (C=O) groups is 2. The summed E-state index contributed by atoms with van der Waals surface area (Å²) in [5.74, 6) is -0.116. The zero-order chi connectivity index (χ0) is 19.3. The molecule has 3 aliphatic heterocycles. The third-order valence-electron chi connectivity index (χ3n) is 5.74. The van der Waals surface area contributed by atoms with Gasteiger partial charge in [0.05, 0.1) is 6.10 Å². The van der Waals surface area contributed by atoms with Crippen molar-refractivity contribution in [2.75, 3.05) is 51.3 Å². The summed E-state index contributed by atoms with van der Waals surface area (Å²) in [5, 5.41) is 2.87. The lowest BCUT2D eigenvalue weighted by atomic mass is 10.1. The van der Waals surface area contributed by atoms with Gasteiger partial charge in [0.2, 0.25) is 0 Å². The van der Waals surface area contributed by atoms with Crippen LogP contribution in [0.1, 0.15) is 36.0 Å². The fourth-order valence-corrected chi connectivity index (χ4v) is 4.13. The second-order valence-electron chi connectivity index (χ2n) is 7.80. The number of nitrogens with zero attached hydrogens (tertiary/aromatic N) is 2. The second-order valence-corrected chi connectivity index (χ2v) is 7.80. The first-order valence-corrected chi connectivity index (χ1v) is 10.3. The molecule has 3 aliphatic rings. The van der Waals surface area contributed by atoms with Crippen LogP contribution < -0.4 is 5.32 Å². The number of hydrogen-bond donors (Lipinski definition) is 1. The number of piperazine rings is 1. The summed E-state index contributed by atoms with van der Waals surface area (Å²) < 4.78 is 11.1. The minimum atomic E-state index is -0.378.